The Morgan fingerprint density at radius 2 is 2.05 bits per heavy atom. The van der Waals surface area contributed by atoms with Gasteiger partial charge in [0.05, 0.1) is 17.1 Å². The molecule has 0 radical (unpaired) electrons. The second-order valence-corrected chi connectivity index (χ2v) is 6.33. The van der Waals surface area contributed by atoms with Crippen molar-refractivity contribution in [3.05, 3.63) is 29.6 Å². The van der Waals surface area contributed by atoms with Crippen LogP contribution in [-0.4, -0.2) is 45.5 Å². The molecule has 1 amide bonds. The summed E-state index contributed by atoms with van der Waals surface area (Å²) in [6.07, 6.45) is 0. The molecule has 2 N–H and O–H groups in total. The predicted molar refractivity (Wildman–Crippen MR) is 75.8 cm³/mol. The van der Waals surface area contributed by atoms with Gasteiger partial charge in [0.2, 0.25) is 10.0 Å². The molecule has 0 saturated heterocycles. The van der Waals surface area contributed by atoms with E-state index in [9.17, 15) is 17.6 Å². The monoisotopic (exact) mass is 318 g/mol. The molecule has 0 saturated carbocycles. The summed E-state index contributed by atoms with van der Waals surface area (Å²) in [5, 5.41) is 4.92. The van der Waals surface area contributed by atoms with Crippen molar-refractivity contribution in [1.82, 2.24) is 4.90 Å². The zero-order valence-corrected chi connectivity index (χ0v) is 13.0. The minimum absolute atomic E-state index is 0.148. The molecule has 6 nitrogen and oxygen atoms in total. The molecule has 0 unspecified atom stereocenters. The van der Waals surface area contributed by atoms with E-state index in [-0.39, 0.29) is 16.5 Å². The van der Waals surface area contributed by atoms with Crippen molar-refractivity contribution in [2.75, 3.05) is 20.3 Å². The second-order valence-electron chi connectivity index (χ2n) is 4.77. The van der Waals surface area contributed by atoms with Crippen LogP contribution in [0.4, 0.5) is 4.39 Å². The molecule has 0 aromatic heterocycles. The van der Waals surface area contributed by atoms with Gasteiger partial charge < -0.3 is 9.64 Å². The molecule has 0 aliphatic rings. The highest BCUT2D eigenvalue weighted by atomic mass is 32.2. The van der Waals surface area contributed by atoms with Crippen LogP contribution in [0.1, 0.15) is 24.2 Å². The zero-order chi connectivity index (χ0) is 16.2. The third-order valence-corrected chi connectivity index (χ3v) is 3.83. The van der Waals surface area contributed by atoms with E-state index < -0.39 is 21.7 Å². The van der Waals surface area contributed by atoms with Crippen LogP contribution in [0.5, 0.6) is 0 Å². The van der Waals surface area contributed by atoms with Gasteiger partial charge in [-0.15, -0.1) is 0 Å². The van der Waals surface area contributed by atoms with E-state index in [1.165, 1.54) is 12.0 Å². The van der Waals surface area contributed by atoms with E-state index in [2.05, 4.69) is 0 Å². The molecule has 118 valence electrons. The minimum Gasteiger partial charge on any atom is -0.383 e. The fraction of sp³-hybridized carbons (Fsp3) is 0.462. The summed E-state index contributed by atoms with van der Waals surface area (Å²) in [6.45, 7) is 4.22. The number of halogens is 1. The molecule has 0 aliphatic heterocycles. The highest BCUT2D eigenvalue weighted by Gasteiger charge is 2.22. The Labute approximate surface area is 123 Å². The number of benzene rings is 1. The first-order valence-electron chi connectivity index (χ1n) is 6.30. The van der Waals surface area contributed by atoms with Gasteiger partial charge in [-0.1, -0.05) is 0 Å². The Morgan fingerprint density at radius 1 is 1.43 bits per heavy atom. The lowest BCUT2D eigenvalue weighted by Crippen LogP contribution is -2.39. The van der Waals surface area contributed by atoms with Crippen LogP contribution in [0.3, 0.4) is 0 Å². The number of amides is 1. The maximum Gasteiger partial charge on any atom is 0.257 e. The van der Waals surface area contributed by atoms with Crippen molar-refractivity contribution in [2.24, 2.45) is 5.14 Å². The summed E-state index contributed by atoms with van der Waals surface area (Å²) in [6, 6.07) is 2.84. The van der Waals surface area contributed by atoms with Gasteiger partial charge in [0, 0.05) is 19.7 Å². The number of hydrogen-bond donors (Lipinski definition) is 1. The Balaban J connectivity index is 3.11. The molecule has 0 fully saturated rings. The normalized spacial score (nSPS) is 11.7. The summed E-state index contributed by atoms with van der Waals surface area (Å²) in [7, 11) is -2.50. The van der Waals surface area contributed by atoms with Crippen molar-refractivity contribution in [3.63, 3.8) is 0 Å². The van der Waals surface area contributed by atoms with Gasteiger partial charge in [-0.05, 0) is 32.0 Å². The summed E-state index contributed by atoms with van der Waals surface area (Å²) in [5.41, 5.74) is -0.202. The topological polar surface area (TPSA) is 89.7 Å². The molecule has 0 aliphatic carbocycles. The van der Waals surface area contributed by atoms with E-state index in [0.717, 1.165) is 18.2 Å². The van der Waals surface area contributed by atoms with Crippen molar-refractivity contribution in [2.45, 2.75) is 24.8 Å². The number of carbonyl (C=O) groups excluding carboxylic acids is 1. The molecule has 1 aromatic carbocycles. The van der Waals surface area contributed by atoms with Crippen molar-refractivity contribution in [1.29, 1.82) is 0 Å². The van der Waals surface area contributed by atoms with Crippen LogP contribution in [-0.2, 0) is 14.8 Å². The molecule has 0 bridgehead atoms. The summed E-state index contributed by atoms with van der Waals surface area (Å²) >= 11 is 0. The van der Waals surface area contributed by atoms with E-state index in [1.807, 2.05) is 0 Å². The predicted octanol–water partition coefficient (Wildman–Crippen LogP) is 0.970. The minimum atomic E-state index is -4.00. The Hall–Kier alpha value is -1.51. The third kappa shape index (κ3) is 4.48. The molecular weight excluding hydrogens is 299 g/mol. The van der Waals surface area contributed by atoms with E-state index in [4.69, 9.17) is 9.88 Å². The van der Waals surface area contributed by atoms with Crippen molar-refractivity contribution in [3.8, 4) is 0 Å². The Morgan fingerprint density at radius 3 is 2.48 bits per heavy atom. The Bertz CT molecular complexity index is 617. The Kier molecular flexibility index (Phi) is 5.82. The van der Waals surface area contributed by atoms with E-state index >= 15 is 0 Å². The number of sulfonamides is 1. The standard InChI is InChI=1S/C13H19FN2O4S/c1-9(2)16(6-7-20-3)13(17)11-5-4-10(8-12(11)14)21(15,18)19/h4-5,8-9H,6-7H2,1-3H3,(H2,15,18,19). The maximum atomic E-state index is 14.0. The van der Waals surface area contributed by atoms with Crippen LogP contribution in [0.2, 0.25) is 0 Å². The number of rotatable bonds is 6. The molecule has 1 rings (SSSR count). The van der Waals surface area contributed by atoms with Gasteiger partial charge in [-0.25, -0.2) is 17.9 Å². The highest BCUT2D eigenvalue weighted by Crippen LogP contribution is 2.17. The van der Waals surface area contributed by atoms with Crippen molar-refractivity contribution >= 4 is 15.9 Å². The van der Waals surface area contributed by atoms with Gasteiger partial charge in [0.1, 0.15) is 5.82 Å². The van der Waals surface area contributed by atoms with E-state index in [0.29, 0.717) is 13.2 Å². The molecule has 0 heterocycles. The maximum absolute atomic E-state index is 14.0. The van der Waals surface area contributed by atoms with Gasteiger partial charge in [0.15, 0.2) is 0 Å². The number of hydrogen-bond acceptors (Lipinski definition) is 4. The number of primary sulfonamides is 1. The number of methoxy groups -OCH3 is 1. The second kappa shape index (κ2) is 6.97. The van der Waals surface area contributed by atoms with Crippen LogP contribution < -0.4 is 5.14 Å². The SMILES string of the molecule is COCCN(C(=O)c1ccc(S(N)(=O)=O)cc1F)C(C)C. The van der Waals surface area contributed by atoms with Crippen LogP contribution >= 0.6 is 0 Å². The molecule has 1 aromatic rings. The molecular formula is C13H19FN2O4S. The lowest BCUT2D eigenvalue weighted by Gasteiger charge is -2.26. The first-order valence-corrected chi connectivity index (χ1v) is 7.85. The molecule has 0 spiro atoms. The summed E-state index contributed by atoms with van der Waals surface area (Å²) < 4.78 is 41.2. The number of carbonyl (C=O) groups is 1. The lowest BCUT2D eigenvalue weighted by molar-refractivity contribution is 0.0630. The number of nitrogens with zero attached hydrogens (tertiary/aromatic N) is 1. The molecule has 8 heteroatoms. The van der Waals surface area contributed by atoms with Crippen LogP contribution in [0, 0.1) is 5.82 Å². The zero-order valence-electron chi connectivity index (χ0n) is 12.2. The largest absolute Gasteiger partial charge is 0.383 e. The summed E-state index contributed by atoms with van der Waals surface area (Å²) in [5.74, 6) is -1.45. The quantitative estimate of drug-likeness (QED) is 0.846. The van der Waals surface area contributed by atoms with Crippen LogP contribution in [0.25, 0.3) is 0 Å². The summed E-state index contributed by atoms with van der Waals surface area (Å²) in [4.78, 5) is 13.4. The van der Waals surface area contributed by atoms with Gasteiger partial charge in [-0.2, -0.15) is 0 Å². The average Bonchev–Trinajstić information content (AvgIpc) is 2.37. The van der Waals surface area contributed by atoms with E-state index in [1.54, 1.807) is 13.8 Å². The fourth-order valence-electron chi connectivity index (χ4n) is 1.78. The van der Waals surface area contributed by atoms with Gasteiger partial charge in [-0.3, -0.25) is 4.79 Å². The molecule has 21 heavy (non-hydrogen) atoms. The smallest absolute Gasteiger partial charge is 0.257 e. The number of ether oxygens (including phenoxy) is 1. The van der Waals surface area contributed by atoms with Gasteiger partial charge in [0.25, 0.3) is 5.91 Å². The highest BCUT2D eigenvalue weighted by molar-refractivity contribution is 7.89. The average molecular weight is 318 g/mol. The third-order valence-electron chi connectivity index (χ3n) is 2.92. The first kappa shape index (κ1) is 17.5. The first-order chi connectivity index (χ1) is 9.68. The fourth-order valence-corrected chi connectivity index (χ4v) is 2.31. The molecule has 0 atom stereocenters. The number of nitrogens with two attached hydrogens (primary N) is 1. The van der Waals surface area contributed by atoms with Gasteiger partial charge >= 0.3 is 0 Å². The lowest BCUT2D eigenvalue weighted by atomic mass is 10.1. The van der Waals surface area contributed by atoms with Crippen molar-refractivity contribution < 1.29 is 22.3 Å². The van der Waals surface area contributed by atoms with Crippen LogP contribution in [0.15, 0.2) is 23.1 Å².